The number of aliphatic hydroxyl groups is 1. The molecule has 1 aromatic carbocycles. The van der Waals surface area contributed by atoms with Gasteiger partial charge >= 0.3 is 0 Å². The molecule has 0 aliphatic carbocycles. The first kappa shape index (κ1) is 21.5. The molecule has 1 N–H and O–H groups in total. The molecule has 1 aromatic heterocycles. The van der Waals surface area contributed by atoms with Crippen LogP contribution in [-0.4, -0.2) is 71.0 Å². The van der Waals surface area contributed by atoms with Crippen LogP contribution in [0.5, 0.6) is 0 Å². The van der Waals surface area contributed by atoms with Gasteiger partial charge in [-0.1, -0.05) is 23.7 Å². The molecule has 0 spiro atoms. The van der Waals surface area contributed by atoms with Crippen molar-refractivity contribution in [3.05, 3.63) is 70.5 Å². The van der Waals surface area contributed by atoms with Crippen molar-refractivity contribution in [3.63, 3.8) is 0 Å². The van der Waals surface area contributed by atoms with Crippen molar-refractivity contribution in [2.24, 2.45) is 0 Å². The maximum absolute atomic E-state index is 13.0. The number of ether oxygens (including phenoxy) is 1. The number of aliphatic hydroxyl groups excluding tert-OH is 1. The van der Waals surface area contributed by atoms with Crippen molar-refractivity contribution < 1.29 is 19.4 Å². The summed E-state index contributed by atoms with van der Waals surface area (Å²) < 4.78 is 5.38. The highest BCUT2D eigenvalue weighted by Gasteiger charge is 2.45. The Labute approximate surface area is 185 Å². The Bertz CT molecular complexity index is 989. The third kappa shape index (κ3) is 4.63. The lowest BCUT2D eigenvalue weighted by molar-refractivity contribution is -0.140. The second-order valence-corrected chi connectivity index (χ2v) is 8.03. The molecule has 0 saturated carbocycles. The van der Waals surface area contributed by atoms with Gasteiger partial charge in [0.2, 0.25) is 0 Å². The monoisotopic (exact) mass is 441 g/mol. The predicted molar refractivity (Wildman–Crippen MR) is 117 cm³/mol. The Hall–Kier alpha value is -2.74. The average Bonchev–Trinajstić information content (AvgIpc) is 3.05. The number of Topliss-reactive ketones (excluding diaryl/α,β-unsaturated/α-hetero) is 1. The van der Waals surface area contributed by atoms with Crippen LogP contribution in [0.3, 0.4) is 0 Å². The van der Waals surface area contributed by atoms with Gasteiger partial charge < -0.3 is 14.7 Å². The zero-order valence-electron chi connectivity index (χ0n) is 17.0. The first-order valence-electron chi connectivity index (χ1n) is 10.3. The summed E-state index contributed by atoms with van der Waals surface area (Å²) in [5, 5.41) is 11.5. The number of morpholine rings is 1. The van der Waals surface area contributed by atoms with Gasteiger partial charge in [0.05, 0.1) is 24.8 Å². The van der Waals surface area contributed by atoms with E-state index in [1.165, 1.54) is 12.4 Å². The smallest absolute Gasteiger partial charge is 0.295 e. The van der Waals surface area contributed by atoms with Crippen molar-refractivity contribution in [3.8, 4) is 0 Å². The number of carbonyl (C=O) groups excluding carboxylic acids is 2. The highest BCUT2D eigenvalue weighted by atomic mass is 35.5. The van der Waals surface area contributed by atoms with Gasteiger partial charge in [-0.25, -0.2) is 0 Å². The molecule has 2 aromatic rings. The molecule has 31 heavy (non-hydrogen) atoms. The summed E-state index contributed by atoms with van der Waals surface area (Å²) in [6, 6.07) is 9.57. The lowest BCUT2D eigenvalue weighted by atomic mass is 9.95. The summed E-state index contributed by atoms with van der Waals surface area (Å²) in [7, 11) is 0. The number of ketones is 1. The molecule has 162 valence electrons. The van der Waals surface area contributed by atoms with Gasteiger partial charge in [0, 0.05) is 49.2 Å². The fourth-order valence-corrected chi connectivity index (χ4v) is 4.29. The summed E-state index contributed by atoms with van der Waals surface area (Å²) in [5.74, 6) is -1.50. The molecule has 1 atom stereocenters. The second kappa shape index (κ2) is 9.60. The van der Waals surface area contributed by atoms with Crippen LogP contribution in [-0.2, 0) is 14.3 Å². The molecule has 2 aliphatic rings. The molecule has 7 nitrogen and oxygen atoms in total. The molecule has 8 heteroatoms. The van der Waals surface area contributed by atoms with E-state index in [-0.39, 0.29) is 11.3 Å². The van der Waals surface area contributed by atoms with Crippen LogP contribution < -0.4 is 0 Å². The number of nitrogens with zero attached hydrogens (tertiary/aromatic N) is 3. The minimum absolute atomic E-state index is 0.0739. The maximum atomic E-state index is 13.0. The zero-order valence-corrected chi connectivity index (χ0v) is 17.8. The van der Waals surface area contributed by atoms with Gasteiger partial charge in [0.1, 0.15) is 5.76 Å². The normalized spacial score (nSPS) is 21.6. The molecular weight excluding hydrogens is 418 g/mol. The maximum Gasteiger partial charge on any atom is 0.295 e. The highest BCUT2D eigenvalue weighted by Crippen LogP contribution is 2.39. The van der Waals surface area contributed by atoms with Crippen LogP contribution in [0.2, 0.25) is 5.02 Å². The van der Waals surface area contributed by atoms with E-state index in [4.69, 9.17) is 16.3 Å². The van der Waals surface area contributed by atoms with E-state index in [1.54, 1.807) is 35.2 Å². The van der Waals surface area contributed by atoms with E-state index in [9.17, 15) is 14.7 Å². The van der Waals surface area contributed by atoms with Gasteiger partial charge in [-0.15, -0.1) is 0 Å². The number of benzene rings is 1. The Kier molecular flexibility index (Phi) is 6.65. The minimum atomic E-state index is -0.698. The summed E-state index contributed by atoms with van der Waals surface area (Å²) >= 11 is 6.20. The molecule has 4 rings (SSSR count). The lowest BCUT2D eigenvalue weighted by Gasteiger charge is -2.29. The standard InChI is InChI=1S/C23H24ClN3O4/c24-18-4-1-3-17(15-18)20-19(21(28)16-5-7-25-8-6-16)22(29)23(30)27(20)10-2-9-26-11-13-31-14-12-26/h1,3-8,15,20,28H,2,9-14H2/t20-/m1/s1. The number of pyridine rings is 1. The Morgan fingerprint density at radius 2 is 1.87 bits per heavy atom. The zero-order chi connectivity index (χ0) is 21.8. The van der Waals surface area contributed by atoms with E-state index in [1.807, 2.05) is 6.07 Å². The van der Waals surface area contributed by atoms with E-state index in [2.05, 4.69) is 9.88 Å². The van der Waals surface area contributed by atoms with Gasteiger partial charge in [0.25, 0.3) is 11.7 Å². The molecule has 2 saturated heterocycles. The lowest BCUT2D eigenvalue weighted by Crippen LogP contribution is -2.38. The summed E-state index contributed by atoms with van der Waals surface area (Å²) in [6.45, 7) is 4.33. The predicted octanol–water partition coefficient (Wildman–Crippen LogP) is 2.88. The molecule has 0 unspecified atom stereocenters. The number of hydrogen-bond acceptors (Lipinski definition) is 6. The number of hydrogen-bond donors (Lipinski definition) is 1. The van der Waals surface area contributed by atoms with E-state index < -0.39 is 17.7 Å². The fraction of sp³-hybridized carbons (Fsp3) is 0.348. The van der Waals surface area contributed by atoms with Crippen LogP contribution in [0.15, 0.2) is 54.4 Å². The molecule has 0 bridgehead atoms. The Balaban J connectivity index is 1.66. The van der Waals surface area contributed by atoms with E-state index in [0.29, 0.717) is 42.3 Å². The van der Waals surface area contributed by atoms with Crippen molar-refractivity contribution in [1.29, 1.82) is 0 Å². The van der Waals surface area contributed by atoms with Crippen molar-refractivity contribution in [2.45, 2.75) is 12.5 Å². The minimum Gasteiger partial charge on any atom is -0.507 e. The van der Waals surface area contributed by atoms with Gasteiger partial charge in [-0.05, 0) is 36.2 Å². The number of rotatable bonds is 6. The van der Waals surface area contributed by atoms with Gasteiger partial charge in [-0.2, -0.15) is 0 Å². The molecular formula is C23H24ClN3O4. The summed E-state index contributed by atoms with van der Waals surface area (Å²) in [5.41, 5.74) is 1.20. The van der Waals surface area contributed by atoms with Crippen LogP contribution >= 0.6 is 11.6 Å². The van der Waals surface area contributed by atoms with E-state index in [0.717, 1.165) is 19.6 Å². The molecule has 2 aliphatic heterocycles. The van der Waals surface area contributed by atoms with Crippen LogP contribution in [0.25, 0.3) is 5.76 Å². The molecule has 1 amide bonds. The topological polar surface area (TPSA) is 83.0 Å². The fourth-order valence-electron chi connectivity index (χ4n) is 4.09. The van der Waals surface area contributed by atoms with Crippen LogP contribution in [0.1, 0.15) is 23.6 Å². The summed E-state index contributed by atoms with van der Waals surface area (Å²) in [4.78, 5) is 33.7. The molecule has 2 fully saturated rings. The number of amides is 1. The largest absolute Gasteiger partial charge is 0.507 e. The van der Waals surface area contributed by atoms with Crippen molar-refractivity contribution >= 4 is 29.1 Å². The number of halogens is 1. The first-order chi connectivity index (χ1) is 15.1. The average molecular weight is 442 g/mol. The van der Waals surface area contributed by atoms with Gasteiger partial charge in [0.15, 0.2) is 0 Å². The number of carbonyl (C=O) groups is 2. The number of likely N-dealkylation sites (tertiary alicyclic amines) is 1. The molecule has 0 radical (unpaired) electrons. The Morgan fingerprint density at radius 3 is 2.58 bits per heavy atom. The third-order valence-electron chi connectivity index (χ3n) is 5.64. The summed E-state index contributed by atoms with van der Waals surface area (Å²) in [6.07, 6.45) is 3.77. The molecule has 3 heterocycles. The van der Waals surface area contributed by atoms with Crippen molar-refractivity contribution in [2.75, 3.05) is 39.4 Å². The number of aromatic nitrogens is 1. The second-order valence-electron chi connectivity index (χ2n) is 7.59. The highest BCUT2D eigenvalue weighted by molar-refractivity contribution is 6.46. The third-order valence-corrected chi connectivity index (χ3v) is 5.87. The Morgan fingerprint density at radius 1 is 1.13 bits per heavy atom. The SMILES string of the molecule is O=C1C(=O)N(CCCN2CCOCC2)[C@H](c2cccc(Cl)c2)C1=C(O)c1ccncc1. The first-order valence-corrected chi connectivity index (χ1v) is 10.7. The van der Waals surface area contributed by atoms with Crippen LogP contribution in [0, 0.1) is 0 Å². The van der Waals surface area contributed by atoms with Gasteiger partial charge in [-0.3, -0.25) is 19.5 Å². The van der Waals surface area contributed by atoms with Crippen LogP contribution in [0.4, 0.5) is 0 Å². The van der Waals surface area contributed by atoms with E-state index >= 15 is 0 Å². The van der Waals surface area contributed by atoms with Crippen molar-refractivity contribution in [1.82, 2.24) is 14.8 Å². The quantitative estimate of drug-likeness (QED) is 0.421.